The van der Waals surface area contributed by atoms with Crippen LogP contribution in [-0.2, 0) is 33.3 Å². The van der Waals surface area contributed by atoms with Crippen molar-refractivity contribution in [3.63, 3.8) is 0 Å². The first kappa shape index (κ1) is 21.1. The highest BCUT2D eigenvalue weighted by Crippen LogP contribution is 2.34. The third kappa shape index (κ3) is 6.45. The summed E-state index contributed by atoms with van der Waals surface area (Å²) in [6.07, 6.45) is -2.87. The van der Waals surface area contributed by atoms with Gasteiger partial charge in [0.25, 0.3) is 0 Å². The number of carbonyl (C=O) groups is 3. The molecular formula is C14H21N3O7S. The molecule has 5 atom stereocenters. The summed E-state index contributed by atoms with van der Waals surface area (Å²) < 4.78 is 21.3. The Morgan fingerprint density at radius 3 is 2.20 bits per heavy atom. The zero-order valence-electron chi connectivity index (χ0n) is 14.4. The molecule has 1 saturated heterocycles. The fraction of sp³-hybridized carbons (Fsp3) is 0.786. The summed E-state index contributed by atoms with van der Waals surface area (Å²) in [7, 11) is 0. The van der Waals surface area contributed by atoms with E-state index in [-0.39, 0.29) is 6.61 Å². The smallest absolute Gasteiger partial charge is 0.303 e. The molecule has 0 amide bonds. The van der Waals surface area contributed by atoms with E-state index in [0.717, 1.165) is 0 Å². The second-order valence-electron chi connectivity index (χ2n) is 5.14. The molecule has 0 spiro atoms. The molecule has 140 valence electrons. The summed E-state index contributed by atoms with van der Waals surface area (Å²) in [4.78, 5) is 36.8. The number of rotatable bonds is 7. The molecule has 10 nitrogen and oxygen atoms in total. The topological polar surface area (TPSA) is 137 Å². The fourth-order valence-corrected chi connectivity index (χ4v) is 3.33. The lowest BCUT2D eigenvalue weighted by Gasteiger charge is -2.43. The van der Waals surface area contributed by atoms with Crippen LogP contribution in [0.1, 0.15) is 27.7 Å². The number of hydrogen-bond donors (Lipinski definition) is 0. The standard InChI is InChI=1S/C14H21N3O7S/c1-5-25-14-13(23-9(4)20)11(16-17-15)12(22-8(3)19)10(24-14)6-21-7(2)18/h10-14H,5-6H2,1-4H3/t10?,11?,12-,13-,14+/m0/s1. The molecule has 0 saturated carbocycles. The Hall–Kier alpha value is -1.97. The molecule has 1 rings (SSSR count). The van der Waals surface area contributed by atoms with Crippen molar-refractivity contribution in [2.24, 2.45) is 5.11 Å². The summed E-state index contributed by atoms with van der Waals surface area (Å²) in [6.45, 7) is 5.31. The maximum atomic E-state index is 11.4. The van der Waals surface area contributed by atoms with Gasteiger partial charge in [0.1, 0.15) is 36.4 Å². The van der Waals surface area contributed by atoms with E-state index in [1.54, 1.807) is 0 Å². The van der Waals surface area contributed by atoms with Crippen molar-refractivity contribution in [3.8, 4) is 0 Å². The van der Waals surface area contributed by atoms with Crippen molar-refractivity contribution < 1.29 is 33.3 Å². The molecule has 1 fully saturated rings. The zero-order chi connectivity index (χ0) is 19.0. The van der Waals surface area contributed by atoms with Crippen molar-refractivity contribution in [1.29, 1.82) is 0 Å². The second-order valence-corrected chi connectivity index (χ2v) is 6.52. The van der Waals surface area contributed by atoms with Crippen molar-refractivity contribution in [1.82, 2.24) is 0 Å². The lowest BCUT2D eigenvalue weighted by atomic mass is 9.97. The number of thioether (sulfide) groups is 1. The minimum absolute atomic E-state index is 0.196. The van der Waals surface area contributed by atoms with Gasteiger partial charge >= 0.3 is 17.9 Å². The van der Waals surface area contributed by atoms with Crippen LogP contribution < -0.4 is 0 Å². The average molecular weight is 375 g/mol. The van der Waals surface area contributed by atoms with Gasteiger partial charge in [-0.25, -0.2) is 0 Å². The summed E-state index contributed by atoms with van der Waals surface area (Å²) in [5.41, 5.74) is 8.22. The zero-order valence-corrected chi connectivity index (χ0v) is 15.2. The maximum Gasteiger partial charge on any atom is 0.303 e. The third-order valence-corrected chi connectivity index (χ3v) is 4.23. The van der Waals surface area contributed by atoms with E-state index < -0.39 is 47.7 Å². The summed E-state index contributed by atoms with van der Waals surface area (Å²) in [6, 6.07) is -1.02. The molecule has 0 bridgehead atoms. The van der Waals surface area contributed by atoms with Crippen molar-refractivity contribution in [2.75, 3.05) is 12.4 Å². The second kappa shape index (κ2) is 10.1. The van der Waals surface area contributed by atoms with E-state index in [2.05, 4.69) is 10.0 Å². The predicted molar refractivity (Wildman–Crippen MR) is 87.5 cm³/mol. The number of ether oxygens (including phenoxy) is 4. The average Bonchev–Trinajstić information content (AvgIpc) is 2.50. The van der Waals surface area contributed by atoms with E-state index in [9.17, 15) is 14.4 Å². The molecule has 1 aliphatic rings. The largest absolute Gasteiger partial charge is 0.463 e. The van der Waals surface area contributed by atoms with Crippen LogP contribution in [0.5, 0.6) is 0 Å². The van der Waals surface area contributed by atoms with Crippen LogP contribution in [0, 0.1) is 0 Å². The monoisotopic (exact) mass is 375 g/mol. The van der Waals surface area contributed by atoms with Gasteiger partial charge in [-0.15, -0.1) is 11.8 Å². The highest BCUT2D eigenvalue weighted by molar-refractivity contribution is 7.99. The molecule has 2 unspecified atom stereocenters. The van der Waals surface area contributed by atoms with Crippen LogP contribution in [0.4, 0.5) is 0 Å². The predicted octanol–water partition coefficient (Wildman–Crippen LogP) is 1.57. The van der Waals surface area contributed by atoms with Crippen LogP contribution in [0.25, 0.3) is 10.4 Å². The number of carbonyl (C=O) groups excluding carboxylic acids is 3. The molecule has 0 N–H and O–H groups in total. The third-order valence-electron chi connectivity index (χ3n) is 3.19. The Balaban J connectivity index is 3.20. The van der Waals surface area contributed by atoms with E-state index in [1.807, 2.05) is 6.92 Å². The molecule has 0 aromatic rings. The lowest BCUT2D eigenvalue weighted by Crippen LogP contribution is -2.59. The first-order chi connectivity index (χ1) is 11.8. The first-order valence-electron chi connectivity index (χ1n) is 7.59. The summed E-state index contributed by atoms with van der Waals surface area (Å²) >= 11 is 1.33. The Labute approximate surface area is 149 Å². The van der Waals surface area contributed by atoms with Gasteiger partial charge in [-0.1, -0.05) is 12.0 Å². The Morgan fingerprint density at radius 2 is 1.72 bits per heavy atom. The number of esters is 3. The lowest BCUT2D eigenvalue weighted by molar-refractivity contribution is -0.201. The maximum absolute atomic E-state index is 11.4. The van der Waals surface area contributed by atoms with E-state index in [4.69, 9.17) is 24.5 Å². The Kier molecular flexibility index (Phi) is 8.53. The van der Waals surface area contributed by atoms with Gasteiger partial charge < -0.3 is 18.9 Å². The molecule has 11 heteroatoms. The summed E-state index contributed by atoms with van der Waals surface area (Å²) in [5.74, 6) is -1.13. The molecule has 0 aromatic carbocycles. The minimum atomic E-state index is -1.06. The first-order valence-corrected chi connectivity index (χ1v) is 8.64. The molecule has 0 aromatic heterocycles. The SMILES string of the molecule is CCS[C@H]1OC(COC(C)=O)[C@H](OC(C)=O)C(N=[N+]=[N-])[C@@H]1OC(C)=O. The molecule has 1 heterocycles. The Morgan fingerprint density at radius 1 is 1.12 bits per heavy atom. The molecule has 1 aliphatic heterocycles. The quantitative estimate of drug-likeness (QED) is 0.215. The normalized spacial score (nSPS) is 28.4. The van der Waals surface area contributed by atoms with Crippen molar-refractivity contribution in [3.05, 3.63) is 10.4 Å². The van der Waals surface area contributed by atoms with Gasteiger partial charge in [-0.2, -0.15) is 0 Å². The van der Waals surface area contributed by atoms with Gasteiger partial charge in [-0.05, 0) is 11.3 Å². The highest BCUT2D eigenvalue weighted by atomic mass is 32.2. The molecule has 0 aliphatic carbocycles. The van der Waals surface area contributed by atoms with Gasteiger partial charge in [0, 0.05) is 25.7 Å². The Bertz CT molecular complexity index is 553. The van der Waals surface area contributed by atoms with Gasteiger partial charge in [0.15, 0.2) is 0 Å². The van der Waals surface area contributed by atoms with Gasteiger partial charge in [0.2, 0.25) is 0 Å². The van der Waals surface area contributed by atoms with Crippen LogP contribution in [0.15, 0.2) is 5.11 Å². The summed E-state index contributed by atoms with van der Waals surface area (Å²) in [5, 5.41) is 3.65. The fourth-order valence-electron chi connectivity index (χ4n) is 2.37. The van der Waals surface area contributed by atoms with Gasteiger partial charge in [-0.3, -0.25) is 14.4 Å². The minimum Gasteiger partial charge on any atom is -0.463 e. The van der Waals surface area contributed by atoms with Crippen LogP contribution in [0.2, 0.25) is 0 Å². The van der Waals surface area contributed by atoms with E-state index in [1.165, 1.54) is 32.5 Å². The highest BCUT2D eigenvalue weighted by Gasteiger charge is 2.49. The van der Waals surface area contributed by atoms with E-state index >= 15 is 0 Å². The number of azide groups is 1. The van der Waals surface area contributed by atoms with Crippen molar-refractivity contribution in [2.45, 2.75) is 57.5 Å². The van der Waals surface area contributed by atoms with Gasteiger partial charge in [0.05, 0.1) is 0 Å². The molecule has 0 radical (unpaired) electrons. The van der Waals surface area contributed by atoms with Crippen LogP contribution in [-0.4, -0.2) is 60.1 Å². The van der Waals surface area contributed by atoms with Crippen LogP contribution >= 0.6 is 11.8 Å². The number of nitrogens with zero attached hydrogens (tertiary/aromatic N) is 3. The number of hydrogen-bond acceptors (Lipinski definition) is 9. The van der Waals surface area contributed by atoms with Crippen LogP contribution in [0.3, 0.4) is 0 Å². The molecule has 25 heavy (non-hydrogen) atoms. The molecular weight excluding hydrogens is 354 g/mol. The van der Waals surface area contributed by atoms with E-state index in [0.29, 0.717) is 5.75 Å². The van der Waals surface area contributed by atoms with Crippen molar-refractivity contribution >= 4 is 29.7 Å².